The molecular weight excluding hydrogens is 416 g/mol. The minimum Gasteiger partial charge on any atom is -0.369 e. The molecule has 1 fully saturated rings. The molecule has 2 aliphatic rings. The highest BCUT2D eigenvalue weighted by molar-refractivity contribution is 8.18. The number of benzene rings is 2. The van der Waals surface area contributed by atoms with Crippen molar-refractivity contribution in [1.29, 1.82) is 0 Å². The lowest BCUT2D eigenvalue weighted by atomic mass is 9.80. The number of carbonyl (C=O) groups is 2. The number of amides is 2. The molecule has 156 valence electrons. The summed E-state index contributed by atoms with van der Waals surface area (Å²) in [5, 5.41) is 0.287. The molecule has 4 nitrogen and oxygen atoms in total. The maximum Gasteiger partial charge on any atom is 0.293 e. The van der Waals surface area contributed by atoms with Crippen LogP contribution in [0.5, 0.6) is 0 Å². The van der Waals surface area contributed by atoms with Gasteiger partial charge < -0.3 is 4.90 Å². The van der Waals surface area contributed by atoms with Crippen LogP contribution in [0.15, 0.2) is 47.4 Å². The first-order chi connectivity index (χ1) is 14.2. The fourth-order valence-corrected chi connectivity index (χ4v) is 5.30. The molecule has 1 saturated heterocycles. The van der Waals surface area contributed by atoms with Crippen molar-refractivity contribution in [1.82, 2.24) is 4.90 Å². The number of imide groups is 1. The third-order valence-electron chi connectivity index (χ3n) is 6.12. The van der Waals surface area contributed by atoms with Crippen LogP contribution in [0.25, 0.3) is 6.08 Å². The normalized spacial score (nSPS) is 22.0. The summed E-state index contributed by atoms with van der Waals surface area (Å²) in [5.74, 6) is 0.156. The Kier molecular flexibility index (Phi) is 5.45. The molecule has 0 bridgehead atoms. The molecule has 2 aliphatic heterocycles. The van der Waals surface area contributed by atoms with Gasteiger partial charge in [-0.05, 0) is 78.9 Å². The van der Waals surface area contributed by atoms with Crippen molar-refractivity contribution in [2.45, 2.75) is 45.2 Å². The number of hydrogen-bond donors (Lipinski definition) is 0. The van der Waals surface area contributed by atoms with E-state index in [4.69, 9.17) is 11.6 Å². The van der Waals surface area contributed by atoms with Gasteiger partial charge in [0.1, 0.15) is 0 Å². The number of rotatable bonds is 3. The summed E-state index contributed by atoms with van der Waals surface area (Å²) >= 11 is 7.19. The van der Waals surface area contributed by atoms with Gasteiger partial charge in [-0.1, -0.05) is 42.8 Å². The van der Waals surface area contributed by atoms with Crippen LogP contribution in [-0.2, 0) is 11.3 Å². The van der Waals surface area contributed by atoms with Crippen LogP contribution < -0.4 is 4.90 Å². The minimum atomic E-state index is -0.269. The van der Waals surface area contributed by atoms with Crippen molar-refractivity contribution in [2.24, 2.45) is 0 Å². The Morgan fingerprint density at radius 3 is 2.67 bits per heavy atom. The highest BCUT2D eigenvalue weighted by Gasteiger charge is 2.36. The zero-order valence-electron chi connectivity index (χ0n) is 17.6. The number of hydrogen-bond acceptors (Lipinski definition) is 4. The SMILES string of the molecule is C[C@@H]1CC(C)(C)N(C)c2ccc(/C=C3\SC(=O)N(Cc4ccccc4Cl)C3=O)cc21. The van der Waals surface area contributed by atoms with Gasteiger partial charge in [0, 0.05) is 23.3 Å². The third-order valence-corrected chi connectivity index (χ3v) is 7.39. The molecule has 0 radical (unpaired) electrons. The van der Waals surface area contributed by atoms with E-state index in [2.05, 4.69) is 44.9 Å². The lowest BCUT2D eigenvalue weighted by Crippen LogP contribution is -2.45. The van der Waals surface area contributed by atoms with Crippen LogP contribution in [0, 0.1) is 0 Å². The number of anilines is 1. The molecule has 1 atom stereocenters. The van der Waals surface area contributed by atoms with E-state index in [9.17, 15) is 9.59 Å². The van der Waals surface area contributed by atoms with Gasteiger partial charge in [0.25, 0.3) is 11.1 Å². The van der Waals surface area contributed by atoms with Crippen molar-refractivity contribution in [3.05, 3.63) is 69.1 Å². The minimum absolute atomic E-state index is 0.106. The van der Waals surface area contributed by atoms with Gasteiger partial charge in [0.15, 0.2) is 0 Å². The first-order valence-corrected chi connectivity index (χ1v) is 11.2. The fourth-order valence-electron chi connectivity index (χ4n) is 4.27. The predicted molar refractivity (Wildman–Crippen MR) is 125 cm³/mol. The summed E-state index contributed by atoms with van der Waals surface area (Å²) in [6, 6.07) is 13.6. The molecule has 0 spiro atoms. The van der Waals surface area contributed by atoms with Gasteiger partial charge >= 0.3 is 0 Å². The van der Waals surface area contributed by atoms with E-state index in [1.807, 2.05) is 30.3 Å². The zero-order chi connectivity index (χ0) is 21.6. The maximum absolute atomic E-state index is 12.9. The second-order valence-corrected chi connectivity index (χ2v) is 10.1. The van der Waals surface area contributed by atoms with E-state index in [1.54, 1.807) is 6.07 Å². The largest absolute Gasteiger partial charge is 0.369 e. The van der Waals surface area contributed by atoms with Crippen LogP contribution in [0.1, 0.15) is 49.8 Å². The average Bonchev–Trinajstić information content (AvgIpc) is 2.95. The third kappa shape index (κ3) is 3.77. The molecule has 4 rings (SSSR count). The Bertz CT molecular complexity index is 1060. The van der Waals surface area contributed by atoms with E-state index in [-0.39, 0.29) is 23.2 Å². The van der Waals surface area contributed by atoms with Gasteiger partial charge in [-0.2, -0.15) is 0 Å². The average molecular weight is 441 g/mol. The second-order valence-electron chi connectivity index (χ2n) is 8.65. The van der Waals surface area contributed by atoms with Crippen molar-refractivity contribution < 1.29 is 9.59 Å². The van der Waals surface area contributed by atoms with Crippen molar-refractivity contribution in [2.75, 3.05) is 11.9 Å². The summed E-state index contributed by atoms with van der Waals surface area (Å²) < 4.78 is 0. The van der Waals surface area contributed by atoms with E-state index >= 15 is 0 Å². The highest BCUT2D eigenvalue weighted by Crippen LogP contribution is 2.43. The number of thioether (sulfide) groups is 1. The Labute approximate surface area is 186 Å². The lowest BCUT2D eigenvalue weighted by Gasteiger charge is -2.45. The van der Waals surface area contributed by atoms with E-state index in [1.165, 1.54) is 16.2 Å². The summed E-state index contributed by atoms with van der Waals surface area (Å²) in [4.78, 5) is 29.4. The molecule has 2 aromatic carbocycles. The van der Waals surface area contributed by atoms with Gasteiger partial charge in [-0.15, -0.1) is 0 Å². The van der Waals surface area contributed by atoms with Gasteiger partial charge in [0.2, 0.25) is 0 Å². The molecule has 0 unspecified atom stereocenters. The summed E-state index contributed by atoms with van der Waals surface area (Å²) in [5.41, 5.74) is 4.31. The van der Waals surface area contributed by atoms with Crippen LogP contribution in [0.4, 0.5) is 10.5 Å². The van der Waals surface area contributed by atoms with Crippen molar-refractivity contribution >= 4 is 46.3 Å². The summed E-state index contributed by atoms with van der Waals surface area (Å²) in [7, 11) is 2.13. The molecule has 6 heteroatoms. The number of nitrogens with zero attached hydrogens (tertiary/aromatic N) is 2. The molecule has 2 amide bonds. The topological polar surface area (TPSA) is 40.6 Å². The van der Waals surface area contributed by atoms with Crippen LogP contribution in [-0.4, -0.2) is 28.6 Å². The molecule has 0 saturated carbocycles. The first-order valence-electron chi connectivity index (χ1n) is 10.0. The molecule has 0 aliphatic carbocycles. The number of fused-ring (bicyclic) bond motifs is 1. The van der Waals surface area contributed by atoms with Crippen LogP contribution in [0.2, 0.25) is 5.02 Å². The Morgan fingerprint density at radius 2 is 1.93 bits per heavy atom. The maximum atomic E-state index is 12.9. The molecule has 2 heterocycles. The molecule has 2 aromatic rings. The zero-order valence-corrected chi connectivity index (χ0v) is 19.2. The standard InChI is InChI=1S/C24H25ClN2O2S/c1-15-13-24(2,3)26(4)20-10-9-16(11-18(15)20)12-21-22(28)27(23(29)30-21)14-17-7-5-6-8-19(17)25/h5-12,15H,13-14H2,1-4H3/b21-12-/t15-/m1/s1. The van der Waals surface area contributed by atoms with Crippen LogP contribution in [0.3, 0.4) is 0 Å². The molecule has 30 heavy (non-hydrogen) atoms. The molecule has 0 aromatic heterocycles. The molecular formula is C24H25ClN2O2S. The Morgan fingerprint density at radius 1 is 1.20 bits per heavy atom. The summed E-state index contributed by atoms with van der Waals surface area (Å²) in [6.07, 6.45) is 2.89. The fraction of sp³-hybridized carbons (Fsp3) is 0.333. The van der Waals surface area contributed by atoms with Crippen molar-refractivity contribution in [3.63, 3.8) is 0 Å². The highest BCUT2D eigenvalue weighted by atomic mass is 35.5. The lowest BCUT2D eigenvalue weighted by molar-refractivity contribution is -0.123. The number of halogens is 1. The predicted octanol–water partition coefficient (Wildman–Crippen LogP) is 6.30. The Hall–Kier alpha value is -2.24. The van der Waals surface area contributed by atoms with Crippen LogP contribution >= 0.6 is 23.4 Å². The van der Waals surface area contributed by atoms with Crippen molar-refractivity contribution in [3.8, 4) is 0 Å². The second kappa shape index (κ2) is 7.78. The summed E-state index contributed by atoms with van der Waals surface area (Å²) in [6.45, 7) is 6.95. The van der Waals surface area contributed by atoms with Gasteiger partial charge in [0.05, 0.1) is 11.4 Å². The van der Waals surface area contributed by atoms with E-state index in [0.717, 1.165) is 29.3 Å². The van der Waals surface area contributed by atoms with Gasteiger partial charge in [-0.25, -0.2) is 0 Å². The van der Waals surface area contributed by atoms with Gasteiger partial charge in [-0.3, -0.25) is 14.5 Å². The van der Waals surface area contributed by atoms with E-state index in [0.29, 0.717) is 15.8 Å². The molecule has 0 N–H and O–H groups in total. The first kappa shape index (κ1) is 21.0. The Balaban J connectivity index is 1.60. The quantitative estimate of drug-likeness (QED) is 0.525. The number of carbonyl (C=O) groups excluding carboxylic acids is 2. The smallest absolute Gasteiger partial charge is 0.293 e. The monoisotopic (exact) mass is 440 g/mol. The van der Waals surface area contributed by atoms with E-state index < -0.39 is 0 Å².